The maximum atomic E-state index is 12.6. The second kappa shape index (κ2) is 8.73. The van der Waals surface area contributed by atoms with E-state index in [9.17, 15) is 4.79 Å². The summed E-state index contributed by atoms with van der Waals surface area (Å²) < 4.78 is 5.42. The molecule has 0 aliphatic carbocycles. The molecule has 4 rings (SSSR count). The average molecular weight is 414 g/mol. The second-order valence-corrected chi connectivity index (χ2v) is 7.79. The molecular formula is C21H20ClN3O2S. The Bertz CT molecular complexity index is 952. The van der Waals surface area contributed by atoms with E-state index in [-0.39, 0.29) is 12.3 Å². The number of hydrogen-bond donors (Lipinski definition) is 1. The molecule has 0 spiro atoms. The monoisotopic (exact) mass is 413 g/mol. The van der Waals surface area contributed by atoms with Gasteiger partial charge in [0, 0.05) is 29.1 Å². The lowest BCUT2D eigenvalue weighted by molar-refractivity contribution is -0.115. The van der Waals surface area contributed by atoms with Gasteiger partial charge in [-0.3, -0.25) is 4.79 Å². The van der Waals surface area contributed by atoms with Gasteiger partial charge in [0.25, 0.3) is 0 Å². The van der Waals surface area contributed by atoms with Gasteiger partial charge < -0.3 is 15.0 Å². The van der Waals surface area contributed by atoms with Gasteiger partial charge in [0.15, 0.2) is 0 Å². The van der Waals surface area contributed by atoms with Crippen molar-refractivity contribution in [2.24, 2.45) is 0 Å². The lowest BCUT2D eigenvalue weighted by Crippen LogP contribution is -2.36. The summed E-state index contributed by atoms with van der Waals surface area (Å²) in [5, 5.41) is 6.54. The highest BCUT2D eigenvalue weighted by Crippen LogP contribution is 2.28. The lowest BCUT2D eigenvalue weighted by Gasteiger charge is -2.30. The summed E-state index contributed by atoms with van der Waals surface area (Å²) in [6.07, 6.45) is 0.238. The number of carbonyl (C=O) groups is 1. The minimum atomic E-state index is -0.0753. The van der Waals surface area contributed by atoms with Gasteiger partial charge in [-0.2, -0.15) is 0 Å². The van der Waals surface area contributed by atoms with E-state index in [1.54, 1.807) is 0 Å². The number of hydrogen-bond acceptors (Lipinski definition) is 5. The molecular weight excluding hydrogens is 394 g/mol. The van der Waals surface area contributed by atoms with Crippen molar-refractivity contribution in [3.05, 3.63) is 64.6 Å². The van der Waals surface area contributed by atoms with Gasteiger partial charge in [0.2, 0.25) is 5.91 Å². The van der Waals surface area contributed by atoms with Crippen molar-refractivity contribution in [2.45, 2.75) is 6.42 Å². The number of anilines is 2. The molecule has 0 radical (unpaired) electrons. The van der Waals surface area contributed by atoms with Gasteiger partial charge in [-0.05, 0) is 24.3 Å². The molecule has 1 fully saturated rings. The van der Waals surface area contributed by atoms with Crippen molar-refractivity contribution in [1.29, 1.82) is 0 Å². The van der Waals surface area contributed by atoms with Crippen LogP contribution in [0.5, 0.6) is 0 Å². The van der Waals surface area contributed by atoms with E-state index in [1.165, 1.54) is 11.3 Å². The van der Waals surface area contributed by atoms with Crippen LogP contribution in [0.25, 0.3) is 10.6 Å². The quantitative estimate of drug-likeness (QED) is 0.670. The van der Waals surface area contributed by atoms with Crippen LogP contribution in [0, 0.1) is 0 Å². The Balaban J connectivity index is 1.43. The number of carbonyl (C=O) groups excluding carboxylic acids is 1. The Morgan fingerprint density at radius 1 is 1.14 bits per heavy atom. The molecule has 1 saturated heterocycles. The Morgan fingerprint density at radius 2 is 1.89 bits per heavy atom. The van der Waals surface area contributed by atoms with Gasteiger partial charge in [-0.1, -0.05) is 35.9 Å². The molecule has 0 atom stereocenters. The summed E-state index contributed by atoms with van der Waals surface area (Å²) in [5.74, 6) is -0.0753. The van der Waals surface area contributed by atoms with Crippen LogP contribution < -0.4 is 10.2 Å². The number of ether oxygens (including phenoxy) is 1. The number of rotatable bonds is 5. The summed E-state index contributed by atoms with van der Waals surface area (Å²) in [7, 11) is 0. The molecule has 2 heterocycles. The van der Waals surface area contributed by atoms with Crippen LogP contribution in [0.3, 0.4) is 0 Å². The van der Waals surface area contributed by atoms with Gasteiger partial charge in [-0.25, -0.2) is 4.98 Å². The van der Waals surface area contributed by atoms with E-state index < -0.39 is 0 Å². The summed E-state index contributed by atoms with van der Waals surface area (Å²) in [6.45, 7) is 3.05. The van der Waals surface area contributed by atoms with Crippen LogP contribution in [0.1, 0.15) is 5.69 Å². The number of thiazole rings is 1. The molecule has 1 aromatic heterocycles. The fourth-order valence-corrected chi connectivity index (χ4v) is 4.08. The first-order valence-electron chi connectivity index (χ1n) is 9.11. The maximum absolute atomic E-state index is 12.6. The molecule has 0 saturated carbocycles. The number of morpholine rings is 1. The Labute approximate surface area is 172 Å². The predicted octanol–water partition coefficient (Wildman–Crippen LogP) is 4.48. The largest absolute Gasteiger partial charge is 0.378 e. The molecule has 1 amide bonds. The Morgan fingerprint density at radius 3 is 2.68 bits per heavy atom. The molecule has 7 heteroatoms. The fourth-order valence-electron chi connectivity index (χ4n) is 3.13. The number of nitrogens with one attached hydrogen (secondary N) is 1. The summed E-state index contributed by atoms with van der Waals surface area (Å²) >= 11 is 7.47. The second-order valence-electron chi connectivity index (χ2n) is 6.49. The molecule has 1 N–H and O–H groups in total. The number of para-hydroxylation sites is 2. The normalized spacial score (nSPS) is 14.1. The van der Waals surface area contributed by atoms with Crippen molar-refractivity contribution < 1.29 is 9.53 Å². The van der Waals surface area contributed by atoms with Crippen molar-refractivity contribution in [3.8, 4) is 10.6 Å². The third kappa shape index (κ3) is 4.52. The van der Waals surface area contributed by atoms with Gasteiger partial charge in [0.1, 0.15) is 5.01 Å². The number of halogens is 1. The van der Waals surface area contributed by atoms with Crippen molar-refractivity contribution in [1.82, 2.24) is 4.98 Å². The molecule has 3 aromatic rings. The highest BCUT2D eigenvalue weighted by Gasteiger charge is 2.16. The first-order valence-corrected chi connectivity index (χ1v) is 10.4. The molecule has 0 unspecified atom stereocenters. The van der Waals surface area contributed by atoms with E-state index in [1.807, 2.05) is 53.9 Å². The summed E-state index contributed by atoms with van der Waals surface area (Å²) in [5.41, 5.74) is 3.61. The van der Waals surface area contributed by atoms with E-state index >= 15 is 0 Å². The molecule has 0 bridgehead atoms. The van der Waals surface area contributed by atoms with Crippen molar-refractivity contribution in [2.75, 3.05) is 36.5 Å². The van der Waals surface area contributed by atoms with Crippen molar-refractivity contribution in [3.63, 3.8) is 0 Å². The fraction of sp³-hybridized carbons (Fsp3) is 0.238. The number of aromatic nitrogens is 1. The zero-order valence-corrected chi connectivity index (χ0v) is 16.8. The molecule has 5 nitrogen and oxygen atoms in total. The van der Waals surface area contributed by atoms with Crippen LogP contribution in [0.2, 0.25) is 5.02 Å². The van der Waals surface area contributed by atoms with E-state index in [4.69, 9.17) is 16.3 Å². The van der Waals surface area contributed by atoms with Gasteiger partial charge in [0.05, 0.1) is 36.7 Å². The molecule has 1 aliphatic rings. The standard InChI is InChI=1S/C21H20ClN3O2S/c22-16-7-5-15(6-8-16)21-23-17(14-28-21)13-20(26)24-18-3-1-2-4-19(18)25-9-11-27-12-10-25/h1-8,14H,9-13H2,(H,24,26). The van der Waals surface area contributed by atoms with Crippen LogP contribution in [0.4, 0.5) is 11.4 Å². The third-order valence-corrected chi connectivity index (χ3v) is 5.71. The highest BCUT2D eigenvalue weighted by molar-refractivity contribution is 7.13. The molecule has 1 aliphatic heterocycles. The number of benzene rings is 2. The summed E-state index contributed by atoms with van der Waals surface area (Å²) in [4.78, 5) is 19.4. The van der Waals surface area contributed by atoms with Gasteiger partial charge in [-0.15, -0.1) is 11.3 Å². The minimum absolute atomic E-state index is 0.0753. The number of nitrogens with zero attached hydrogens (tertiary/aromatic N) is 2. The topological polar surface area (TPSA) is 54.5 Å². The zero-order chi connectivity index (χ0) is 19.3. The highest BCUT2D eigenvalue weighted by atomic mass is 35.5. The van der Waals surface area contributed by atoms with Crippen LogP contribution in [-0.2, 0) is 16.0 Å². The third-order valence-electron chi connectivity index (χ3n) is 4.51. The first-order chi connectivity index (χ1) is 13.7. The number of amides is 1. The first kappa shape index (κ1) is 18.9. The Kier molecular flexibility index (Phi) is 5.90. The van der Waals surface area contributed by atoms with E-state index in [0.717, 1.165) is 40.7 Å². The van der Waals surface area contributed by atoms with Gasteiger partial charge >= 0.3 is 0 Å². The zero-order valence-electron chi connectivity index (χ0n) is 15.2. The van der Waals surface area contributed by atoms with E-state index in [2.05, 4.69) is 15.2 Å². The predicted molar refractivity (Wildman–Crippen MR) is 114 cm³/mol. The minimum Gasteiger partial charge on any atom is -0.378 e. The van der Waals surface area contributed by atoms with E-state index in [0.29, 0.717) is 18.2 Å². The SMILES string of the molecule is O=C(Cc1csc(-c2ccc(Cl)cc2)n1)Nc1ccccc1N1CCOCC1. The molecule has 2 aromatic carbocycles. The van der Waals surface area contributed by atoms with Crippen LogP contribution in [0.15, 0.2) is 53.9 Å². The smallest absolute Gasteiger partial charge is 0.230 e. The molecule has 28 heavy (non-hydrogen) atoms. The molecule has 144 valence electrons. The maximum Gasteiger partial charge on any atom is 0.230 e. The summed E-state index contributed by atoms with van der Waals surface area (Å²) in [6, 6.07) is 15.4. The van der Waals surface area contributed by atoms with Crippen LogP contribution in [-0.4, -0.2) is 37.2 Å². The van der Waals surface area contributed by atoms with Crippen LogP contribution >= 0.6 is 22.9 Å². The average Bonchev–Trinajstić information content (AvgIpc) is 3.18. The van der Waals surface area contributed by atoms with Crippen molar-refractivity contribution >= 4 is 40.2 Å². The lowest BCUT2D eigenvalue weighted by atomic mass is 10.2. The Hall–Kier alpha value is -2.41.